The highest BCUT2D eigenvalue weighted by Crippen LogP contribution is 2.46. The fraction of sp³-hybridized carbons (Fsp3) is 0.296. The normalized spacial score (nSPS) is 16.3. The van der Waals surface area contributed by atoms with E-state index in [4.69, 9.17) is 5.73 Å². The largest absolute Gasteiger partial charge is 0.322 e. The number of aryl methyl sites for hydroxylation is 2. The summed E-state index contributed by atoms with van der Waals surface area (Å²) in [4.78, 5) is 25.9. The molecule has 2 saturated carbocycles. The SMILES string of the molecule is C=CC1(N)CC1.Cc1ccc(-n2ccncc2=O)cc1.Cc1ccc(C2(C=O)CC2)cc1. The average molecular weight is 430 g/mol. The van der Waals surface area contributed by atoms with E-state index in [1.165, 1.54) is 22.9 Å². The van der Waals surface area contributed by atoms with Crippen LogP contribution in [0.25, 0.3) is 5.69 Å². The van der Waals surface area contributed by atoms with Crippen LogP contribution in [0, 0.1) is 13.8 Å². The van der Waals surface area contributed by atoms with Gasteiger partial charge in [-0.3, -0.25) is 14.3 Å². The minimum atomic E-state index is -0.114. The second-order valence-electron chi connectivity index (χ2n) is 8.70. The Hall–Kier alpha value is -3.31. The topological polar surface area (TPSA) is 78.0 Å². The van der Waals surface area contributed by atoms with Gasteiger partial charge in [0.2, 0.25) is 0 Å². The van der Waals surface area contributed by atoms with Crippen molar-refractivity contribution in [3.8, 4) is 5.69 Å². The van der Waals surface area contributed by atoms with Crippen LogP contribution in [0.3, 0.4) is 0 Å². The van der Waals surface area contributed by atoms with Crippen LogP contribution in [-0.4, -0.2) is 21.4 Å². The lowest BCUT2D eigenvalue weighted by Crippen LogP contribution is -2.16. The lowest BCUT2D eigenvalue weighted by molar-refractivity contribution is -0.109. The standard InChI is InChI=1S/C11H10N2O.C11H12O.C5H9N/c1-9-2-4-10(5-3-9)13-7-6-12-8-11(13)14;1-9-2-4-10(5-3-9)11(8-12)6-7-11;1-2-5(6)3-4-5/h2-8H,1H3;2-5,8H,6-7H2,1H3;2H,1,3-4,6H2. The minimum absolute atomic E-state index is 0.0556. The number of hydrogen-bond donors (Lipinski definition) is 1. The molecule has 2 aliphatic rings. The van der Waals surface area contributed by atoms with Gasteiger partial charge in [0.05, 0.1) is 11.6 Å². The number of carbonyl (C=O) groups is 1. The fourth-order valence-corrected chi connectivity index (χ4v) is 3.11. The molecule has 5 rings (SSSR count). The zero-order valence-electron chi connectivity index (χ0n) is 18.8. The van der Waals surface area contributed by atoms with E-state index in [1.807, 2.05) is 37.3 Å². The Morgan fingerprint density at radius 3 is 1.94 bits per heavy atom. The Balaban J connectivity index is 0.000000146. The lowest BCUT2D eigenvalue weighted by atomic mass is 9.97. The Morgan fingerprint density at radius 1 is 0.969 bits per heavy atom. The summed E-state index contributed by atoms with van der Waals surface area (Å²) >= 11 is 0. The summed E-state index contributed by atoms with van der Waals surface area (Å²) in [5, 5.41) is 0. The summed E-state index contributed by atoms with van der Waals surface area (Å²) < 4.78 is 1.56. The molecular weight excluding hydrogens is 398 g/mol. The first-order valence-corrected chi connectivity index (χ1v) is 10.9. The fourth-order valence-electron chi connectivity index (χ4n) is 3.11. The number of hydrogen-bond acceptors (Lipinski definition) is 4. The van der Waals surface area contributed by atoms with E-state index in [9.17, 15) is 9.59 Å². The maximum atomic E-state index is 11.4. The molecule has 166 valence electrons. The van der Waals surface area contributed by atoms with Crippen molar-refractivity contribution in [2.45, 2.75) is 50.5 Å². The van der Waals surface area contributed by atoms with Crippen molar-refractivity contribution in [1.29, 1.82) is 0 Å². The Morgan fingerprint density at radius 2 is 1.53 bits per heavy atom. The molecule has 2 aliphatic carbocycles. The van der Waals surface area contributed by atoms with Gasteiger partial charge < -0.3 is 10.5 Å². The van der Waals surface area contributed by atoms with E-state index >= 15 is 0 Å². The average Bonchev–Trinajstić information content (AvgIpc) is 3.74. The summed E-state index contributed by atoms with van der Waals surface area (Å²) in [6, 6.07) is 16.0. The summed E-state index contributed by atoms with van der Waals surface area (Å²) in [7, 11) is 0. The van der Waals surface area contributed by atoms with Crippen LogP contribution < -0.4 is 11.3 Å². The number of aromatic nitrogens is 2. The van der Waals surface area contributed by atoms with Crippen molar-refractivity contribution >= 4 is 6.29 Å². The van der Waals surface area contributed by atoms with Crippen LogP contribution in [0.1, 0.15) is 42.4 Å². The van der Waals surface area contributed by atoms with Crippen molar-refractivity contribution in [3.63, 3.8) is 0 Å². The molecule has 1 heterocycles. The number of nitrogens with zero attached hydrogens (tertiary/aromatic N) is 2. The number of nitrogens with two attached hydrogens (primary N) is 1. The monoisotopic (exact) mass is 429 g/mol. The molecule has 32 heavy (non-hydrogen) atoms. The third kappa shape index (κ3) is 6.11. The van der Waals surface area contributed by atoms with Gasteiger partial charge in [0.15, 0.2) is 0 Å². The molecule has 0 spiro atoms. The molecule has 0 saturated heterocycles. The van der Waals surface area contributed by atoms with E-state index in [0.717, 1.165) is 37.7 Å². The molecule has 0 aliphatic heterocycles. The van der Waals surface area contributed by atoms with Gasteiger partial charge in [-0.05, 0) is 57.2 Å². The highest BCUT2D eigenvalue weighted by atomic mass is 16.1. The van der Waals surface area contributed by atoms with Crippen LogP contribution in [-0.2, 0) is 10.2 Å². The molecule has 0 amide bonds. The zero-order chi connectivity index (χ0) is 23.2. The quantitative estimate of drug-likeness (QED) is 0.492. The molecule has 0 unspecified atom stereocenters. The Bertz CT molecular complexity index is 1110. The van der Waals surface area contributed by atoms with Gasteiger partial charge in [0.25, 0.3) is 5.56 Å². The molecule has 2 aromatic carbocycles. The van der Waals surface area contributed by atoms with Crippen LogP contribution in [0.5, 0.6) is 0 Å². The number of carbonyl (C=O) groups excluding carboxylic acids is 1. The molecule has 0 bridgehead atoms. The van der Waals surface area contributed by atoms with Crippen LogP contribution in [0.4, 0.5) is 0 Å². The van der Waals surface area contributed by atoms with E-state index in [1.54, 1.807) is 17.0 Å². The predicted octanol–water partition coefficient (Wildman–Crippen LogP) is 4.43. The van der Waals surface area contributed by atoms with Gasteiger partial charge in [0, 0.05) is 23.6 Å². The maximum absolute atomic E-state index is 11.4. The zero-order valence-corrected chi connectivity index (χ0v) is 18.8. The highest BCUT2D eigenvalue weighted by molar-refractivity contribution is 5.73. The second kappa shape index (κ2) is 9.88. The minimum Gasteiger partial charge on any atom is -0.322 e. The molecule has 0 atom stereocenters. The van der Waals surface area contributed by atoms with Gasteiger partial charge in [0.1, 0.15) is 6.29 Å². The third-order valence-corrected chi connectivity index (χ3v) is 5.91. The van der Waals surface area contributed by atoms with Crippen molar-refractivity contribution in [1.82, 2.24) is 9.55 Å². The molecule has 0 radical (unpaired) electrons. The first-order chi connectivity index (χ1) is 15.3. The van der Waals surface area contributed by atoms with Crippen molar-refractivity contribution < 1.29 is 4.79 Å². The molecule has 2 N–H and O–H groups in total. The van der Waals surface area contributed by atoms with E-state index in [0.29, 0.717) is 0 Å². The second-order valence-corrected chi connectivity index (χ2v) is 8.70. The van der Waals surface area contributed by atoms with E-state index in [-0.39, 0.29) is 16.5 Å². The van der Waals surface area contributed by atoms with Gasteiger partial charge >= 0.3 is 0 Å². The highest BCUT2D eigenvalue weighted by Gasteiger charge is 2.43. The molecule has 2 fully saturated rings. The molecule has 3 aromatic rings. The van der Waals surface area contributed by atoms with Crippen LogP contribution in [0.15, 0.2) is 84.6 Å². The summed E-state index contributed by atoms with van der Waals surface area (Å²) in [6.07, 6.45) is 11.8. The third-order valence-electron chi connectivity index (χ3n) is 5.91. The molecule has 1 aromatic heterocycles. The van der Waals surface area contributed by atoms with E-state index < -0.39 is 0 Å². The number of rotatable bonds is 4. The van der Waals surface area contributed by atoms with Crippen molar-refractivity contribution in [2.24, 2.45) is 5.73 Å². The lowest BCUT2D eigenvalue weighted by Gasteiger charge is -2.06. The van der Waals surface area contributed by atoms with Gasteiger partial charge in [-0.1, -0.05) is 53.6 Å². The first kappa shape index (κ1) is 23.4. The maximum Gasteiger partial charge on any atom is 0.273 e. The van der Waals surface area contributed by atoms with Crippen LogP contribution in [0.2, 0.25) is 0 Å². The Labute approximate surface area is 189 Å². The number of benzene rings is 2. The molecular formula is C27H31N3O2. The summed E-state index contributed by atoms with van der Waals surface area (Å²) in [6.45, 7) is 7.64. The van der Waals surface area contributed by atoms with Gasteiger partial charge in [-0.25, -0.2) is 0 Å². The van der Waals surface area contributed by atoms with Gasteiger partial charge in [-0.2, -0.15) is 0 Å². The molecule has 5 heteroatoms. The summed E-state index contributed by atoms with van der Waals surface area (Å²) in [5.41, 5.74) is 9.84. The van der Waals surface area contributed by atoms with E-state index in [2.05, 4.69) is 42.8 Å². The van der Waals surface area contributed by atoms with Crippen molar-refractivity contribution in [2.75, 3.05) is 0 Å². The van der Waals surface area contributed by atoms with Crippen molar-refractivity contribution in [3.05, 3.63) is 107 Å². The number of aldehydes is 1. The predicted molar refractivity (Wildman–Crippen MR) is 129 cm³/mol. The smallest absolute Gasteiger partial charge is 0.273 e. The van der Waals surface area contributed by atoms with Crippen LogP contribution >= 0.6 is 0 Å². The van der Waals surface area contributed by atoms with Gasteiger partial charge in [-0.15, -0.1) is 6.58 Å². The summed E-state index contributed by atoms with van der Waals surface area (Å²) in [5.74, 6) is 0. The molecule has 5 nitrogen and oxygen atoms in total. The first-order valence-electron chi connectivity index (χ1n) is 10.9. The Kier molecular flexibility index (Phi) is 7.21.